The smallest absolute Gasteiger partial charge is 0.235 e. The molecule has 124 valence electrons. The molecule has 0 amide bonds. The van der Waals surface area contributed by atoms with E-state index in [2.05, 4.69) is 32.7 Å². The second-order valence-electron chi connectivity index (χ2n) is 5.13. The number of piperazine rings is 1. The Balaban J connectivity index is 0.00000147. The molecule has 5 N–H and O–H groups in total. The zero-order valence-corrected chi connectivity index (χ0v) is 14.6. The molecule has 0 bridgehead atoms. The van der Waals surface area contributed by atoms with E-state index in [1.165, 1.54) is 32.7 Å². The normalized spacial score (nSPS) is 14.5. The van der Waals surface area contributed by atoms with E-state index in [9.17, 15) is 0 Å². The van der Waals surface area contributed by atoms with Crippen molar-refractivity contribution in [2.45, 2.75) is 0 Å². The zero-order chi connectivity index (χ0) is 12.9. The lowest BCUT2D eigenvalue weighted by molar-refractivity contribution is -0.953. The van der Waals surface area contributed by atoms with Crippen LogP contribution in [-0.4, -0.2) is 49.2 Å². The van der Waals surface area contributed by atoms with Crippen LogP contribution in [-0.2, 0) is 0 Å². The van der Waals surface area contributed by atoms with Gasteiger partial charge in [0.25, 0.3) is 0 Å². The molecule has 0 unspecified atom stereocenters. The monoisotopic (exact) mass is 365 g/mol. The van der Waals surface area contributed by atoms with Crippen molar-refractivity contribution >= 4 is 16.7 Å². The molecule has 2 heterocycles. The maximum atomic E-state index is 4.41. The fourth-order valence-electron chi connectivity index (χ4n) is 2.73. The Morgan fingerprint density at radius 2 is 1.77 bits per heavy atom. The van der Waals surface area contributed by atoms with Gasteiger partial charge in [0.2, 0.25) is 5.82 Å². The van der Waals surface area contributed by atoms with Crippen LogP contribution in [0.25, 0.3) is 10.9 Å². The fraction of sp³-hybridized carbons (Fsp3) is 0.429. The van der Waals surface area contributed by atoms with E-state index >= 15 is 0 Å². The molecule has 0 radical (unpaired) electrons. The standard InChI is InChI=1S/C14H19N5.3ClH/c1-2-4-13-12(3-1)14(18-11-17-13)16-7-10-19-8-5-15-6-9-19;;;/h1-4,11,15H,5-10H2,(H,16,17,18);3*1H. The van der Waals surface area contributed by atoms with Crippen molar-refractivity contribution < 1.29 is 52.8 Å². The van der Waals surface area contributed by atoms with Crippen LogP contribution < -0.4 is 52.8 Å². The summed E-state index contributed by atoms with van der Waals surface area (Å²) in [6.07, 6.45) is 1.66. The third-order valence-electron chi connectivity index (χ3n) is 3.81. The molecule has 1 aromatic heterocycles. The molecule has 1 fully saturated rings. The predicted molar refractivity (Wildman–Crippen MR) is 73.2 cm³/mol. The third kappa shape index (κ3) is 5.50. The van der Waals surface area contributed by atoms with Gasteiger partial charge in [-0.15, -0.1) is 0 Å². The molecule has 2 aromatic rings. The van der Waals surface area contributed by atoms with Crippen molar-refractivity contribution in [3.8, 4) is 0 Å². The lowest BCUT2D eigenvalue weighted by Gasteiger charge is -2.21. The van der Waals surface area contributed by atoms with Crippen LogP contribution >= 0.6 is 0 Å². The summed E-state index contributed by atoms with van der Waals surface area (Å²) in [7, 11) is 0. The van der Waals surface area contributed by atoms with Gasteiger partial charge in [0.15, 0.2) is 0 Å². The highest BCUT2D eigenvalue weighted by Gasteiger charge is 2.16. The van der Waals surface area contributed by atoms with Crippen molar-refractivity contribution in [2.24, 2.45) is 0 Å². The molecule has 22 heavy (non-hydrogen) atoms. The average Bonchev–Trinajstić information content (AvgIpc) is 2.49. The molecule has 0 saturated carbocycles. The molecule has 1 saturated heterocycles. The van der Waals surface area contributed by atoms with E-state index in [1.54, 1.807) is 11.2 Å². The van der Waals surface area contributed by atoms with E-state index < -0.39 is 0 Å². The second-order valence-corrected chi connectivity index (χ2v) is 5.13. The fourth-order valence-corrected chi connectivity index (χ4v) is 2.73. The van der Waals surface area contributed by atoms with Crippen LogP contribution in [0.15, 0.2) is 30.6 Å². The number of rotatable bonds is 4. The molecule has 1 aliphatic heterocycles. The molecule has 5 nitrogen and oxygen atoms in total. The Morgan fingerprint density at radius 3 is 2.55 bits per heavy atom. The van der Waals surface area contributed by atoms with Gasteiger partial charge in [0.05, 0.1) is 10.9 Å². The molecule has 0 aliphatic carbocycles. The Kier molecular flexibility index (Phi) is 10.6. The van der Waals surface area contributed by atoms with Crippen molar-refractivity contribution in [1.82, 2.24) is 9.97 Å². The summed E-state index contributed by atoms with van der Waals surface area (Å²) in [4.78, 5) is 10.4. The lowest BCUT2D eigenvalue weighted by Crippen LogP contribution is -3.21. The summed E-state index contributed by atoms with van der Waals surface area (Å²) in [5, 5.41) is 5.83. The van der Waals surface area contributed by atoms with Gasteiger partial charge in [-0.1, -0.05) is 12.1 Å². The Labute approximate surface area is 149 Å². The predicted octanol–water partition coefficient (Wildman–Crippen LogP) is -11.7. The summed E-state index contributed by atoms with van der Waals surface area (Å²) in [6.45, 7) is 7.43. The number of fused-ring (bicyclic) bond motifs is 1. The molecular weight excluding hydrogens is 345 g/mol. The molecule has 3 rings (SSSR count). The van der Waals surface area contributed by atoms with E-state index in [4.69, 9.17) is 0 Å². The first-order chi connectivity index (χ1) is 9.43. The number of aromatic nitrogens is 2. The van der Waals surface area contributed by atoms with E-state index in [0.717, 1.165) is 23.3 Å². The van der Waals surface area contributed by atoms with Gasteiger partial charge in [-0.05, 0) is 12.1 Å². The molecular formula is C14H22Cl3N5. The van der Waals surface area contributed by atoms with Crippen LogP contribution in [0.1, 0.15) is 0 Å². The summed E-state index contributed by atoms with van der Waals surface area (Å²) in [6, 6.07) is 8.21. The van der Waals surface area contributed by atoms with Crippen LogP contribution in [0.4, 0.5) is 5.82 Å². The summed E-state index contributed by atoms with van der Waals surface area (Å²) in [5.41, 5.74) is 1.03. The van der Waals surface area contributed by atoms with E-state index in [-0.39, 0.29) is 37.2 Å². The van der Waals surface area contributed by atoms with Gasteiger partial charge in [-0.2, -0.15) is 4.98 Å². The van der Waals surface area contributed by atoms with E-state index in [1.807, 2.05) is 12.1 Å². The Morgan fingerprint density at radius 1 is 1.05 bits per heavy atom. The number of nitrogens with one attached hydrogen (secondary N) is 1. The van der Waals surface area contributed by atoms with Gasteiger partial charge in [-0.25, -0.2) is 4.98 Å². The highest BCUT2D eigenvalue weighted by molar-refractivity contribution is 5.84. The van der Waals surface area contributed by atoms with Crippen LogP contribution in [0.3, 0.4) is 0 Å². The molecule has 1 aromatic carbocycles. The maximum Gasteiger partial charge on any atom is 0.235 e. The molecule has 0 atom stereocenters. The molecule has 8 heteroatoms. The number of hydrogen-bond donors (Lipinski definition) is 3. The van der Waals surface area contributed by atoms with Gasteiger partial charge < -0.3 is 47.4 Å². The number of benzene rings is 1. The Hall–Kier alpha value is -0.690. The zero-order valence-electron chi connectivity index (χ0n) is 12.3. The first-order valence-electron chi connectivity index (χ1n) is 7.12. The SMILES string of the molecule is [Cl-].[Cl-].[Cl-].c1ccc2c([NH2+]CC[NH+]3CC[NH2+]CC3)ncnc2c1. The number of nitrogens with zero attached hydrogens (tertiary/aromatic N) is 2. The van der Waals surface area contributed by atoms with Gasteiger partial charge in [0, 0.05) is 0 Å². The number of para-hydroxylation sites is 1. The highest BCUT2D eigenvalue weighted by atomic mass is 35.5. The number of hydrogen-bond acceptors (Lipinski definition) is 2. The van der Waals surface area contributed by atoms with Crippen molar-refractivity contribution in [1.29, 1.82) is 0 Å². The summed E-state index contributed by atoms with van der Waals surface area (Å²) < 4.78 is 0. The minimum atomic E-state index is 0. The van der Waals surface area contributed by atoms with Crippen LogP contribution in [0, 0.1) is 0 Å². The minimum Gasteiger partial charge on any atom is -1.00 e. The van der Waals surface area contributed by atoms with Gasteiger partial charge >= 0.3 is 0 Å². The van der Waals surface area contributed by atoms with Crippen LogP contribution in [0.5, 0.6) is 0 Å². The molecule has 1 aliphatic rings. The minimum absolute atomic E-state index is 0. The highest BCUT2D eigenvalue weighted by Crippen LogP contribution is 2.13. The van der Waals surface area contributed by atoms with Gasteiger partial charge in [-0.3, -0.25) is 5.32 Å². The topological polar surface area (TPSA) is 63.4 Å². The van der Waals surface area contributed by atoms with Crippen molar-refractivity contribution in [2.75, 3.05) is 39.3 Å². The average molecular weight is 367 g/mol. The van der Waals surface area contributed by atoms with E-state index in [0.29, 0.717) is 0 Å². The summed E-state index contributed by atoms with van der Waals surface area (Å²) >= 11 is 0. The first kappa shape index (κ1) is 21.3. The van der Waals surface area contributed by atoms with Crippen molar-refractivity contribution in [3.63, 3.8) is 0 Å². The van der Waals surface area contributed by atoms with Crippen molar-refractivity contribution in [3.05, 3.63) is 30.6 Å². The number of quaternary nitrogens is 3. The first-order valence-corrected chi connectivity index (χ1v) is 7.12. The maximum absolute atomic E-state index is 4.41. The largest absolute Gasteiger partial charge is 1.00 e. The third-order valence-corrected chi connectivity index (χ3v) is 3.81. The van der Waals surface area contributed by atoms with Gasteiger partial charge in [0.1, 0.15) is 45.6 Å². The quantitative estimate of drug-likeness (QED) is 0.503. The Bertz CT molecular complexity index is 543. The summed E-state index contributed by atoms with van der Waals surface area (Å²) in [5.74, 6) is 1.08. The second kappa shape index (κ2) is 10.9. The van der Waals surface area contributed by atoms with Crippen LogP contribution in [0.2, 0.25) is 0 Å². The molecule has 0 spiro atoms. The lowest BCUT2D eigenvalue weighted by atomic mass is 10.2. The number of halogens is 3. The number of nitrogens with two attached hydrogens (primary N) is 2.